The maximum atomic E-state index is 11.3. The lowest BCUT2D eigenvalue weighted by Gasteiger charge is -2.12. The number of hydrogen-bond donors (Lipinski definition) is 1. The van der Waals surface area contributed by atoms with Crippen molar-refractivity contribution in [3.8, 4) is 0 Å². The van der Waals surface area contributed by atoms with E-state index in [1.807, 2.05) is 42.5 Å². The maximum Gasteiger partial charge on any atom is 0.332 e. The molecule has 1 aliphatic rings. The van der Waals surface area contributed by atoms with E-state index in [0.717, 1.165) is 24.0 Å². The van der Waals surface area contributed by atoms with Gasteiger partial charge in [-0.05, 0) is 17.5 Å². The van der Waals surface area contributed by atoms with E-state index in [0.29, 0.717) is 5.57 Å². The monoisotopic (exact) mass is 228 g/mol. The third-order valence-electron chi connectivity index (χ3n) is 3.03. The van der Waals surface area contributed by atoms with Crippen LogP contribution in [0, 0.1) is 0 Å². The van der Waals surface area contributed by atoms with Gasteiger partial charge >= 0.3 is 5.97 Å². The molecule has 0 aromatic heterocycles. The zero-order chi connectivity index (χ0) is 12.3. The molecule has 1 aromatic rings. The smallest absolute Gasteiger partial charge is 0.332 e. The highest BCUT2D eigenvalue weighted by molar-refractivity contribution is 5.90. The van der Waals surface area contributed by atoms with Crippen molar-refractivity contribution >= 4 is 12.0 Å². The molecule has 2 heteroatoms. The first-order valence-electron chi connectivity index (χ1n) is 5.94. The number of rotatable bonds is 4. The zero-order valence-corrected chi connectivity index (χ0v) is 9.89. The van der Waals surface area contributed by atoms with E-state index in [9.17, 15) is 9.90 Å². The average Bonchev–Trinajstić information content (AvgIpc) is 2.73. The van der Waals surface area contributed by atoms with E-state index in [2.05, 4.69) is 6.92 Å². The van der Waals surface area contributed by atoms with Gasteiger partial charge in [0.15, 0.2) is 0 Å². The molecular formula is C15H16O2. The number of unbranched alkanes of at least 4 members (excludes halogenated alkanes) is 1. The molecule has 1 aromatic carbocycles. The fourth-order valence-electron chi connectivity index (χ4n) is 2.17. The van der Waals surface area contributed by atoms with Crippen molar-refractivity contribution in [1.29, 1.82) is 0 Å². The van der Waals surface area contributed by atoms with Crippen LogP contribution in [0.5, 0.6) is 0 Å². The number of allylic oxidation sites excluding steroid dienone is 2. The van der Waals surface area contributed by atoms with Crippen LogP contribution < -0.4 is 0 Å². The predicted octanol–water partition coefficient (Wildman–Crippen LogP) is 3.61. The second kappa shape index (κ2) is 5.00. The SMILES string of the molecule is CCCC=C(C(=O)O)C1C=Cc2ccccc21. The molecule has 0 amide bonds. The standard InChI is InChI=1S/C15H16O2/c1-2-3-7-14(15(16)17)13-10-9-11-6-4-5-8-12(11)13/h4-10,13H,2-3H2,1H3,(H,16,17). The Morgan fingerprint density at radius 2 is 2.18 bits per heavy atom. The van der Waals surface area contributed by atoms with Gasteiger partial charge in [-0.15, -0.1) is 0 Å². The maximum absolute atomic E-state index is 11.3. The van der Waals surface area contributed by atoms with E-state index in [1.165, 1.54) is 0 Å². The van der Waals surface area contributed by atoms with Crippen LogP contribution in [0.15, 0.2) is 42.0 Å². The molecule has 0 spiro atoms. The van der Waals surface area contributed by atoms with Gasteiger partial charge in [0, 0.05) is 11.5 Å². The molecule has 0 radical (unpaired) electrons. The van der Waals surface area contributed by atoms with Gasteiger partial charge in [0.1, 0.15) is 0 Å². The minimum Gasteiger partial charge on any atom is -0.478 e. The van der Waals surface area contributed by atoms with Crippen LogP contribution in [-0.2, 0) is 4.79 Å². The lowest BCUT2D eigenvalue weighted by molar-refractivity contribution is -0.132. The van der Waals surface area contributed by atoms with Gasteiger partial charge in [0.2, 0.25) is 0 Å². The van der Waals surface area contributed by atoms with Crippen molar-refractivity contribution in [2.45, 2.75) is 25.7 Å². The van der Waals surface area contributed by atoms with E-state index >= 15 is 0 Å². The summed E-state index contributed by atoms with van der Waals surface area (Å²) < 4.78 is 0. The molecule has 2 rings (SSSR count). The number of fused-ring (bicyclic) bond motifs is 1. The first kappa shape index (κ1) is 11.6. The summed E-state index contributed by atoms with van der Waals surface area (Å²) in [4.78, 5) is 11.3. The van der Waals surface area contributed by atoms with Crippen molar-refractivity contribution in [2.24, 2.45) is 0 Å². The second-order valence-corrected chi connectivity index (χ2v) is 4.22. The molecule has 1 N–H and O–H groups in total. The molecule has 1 aliphatic carbocycles. The molecule has 0 fully saturated rings. The van der Waals surface area contributed by atoms with Crippen molar-refractivity contribution in [3.05, 3.63) is 53.1 Å². The number of carbonyl (C=O) groups is 1. The number of hydrogen-bond acceptors (Lipinski definition) is 1. The fraction of sp³-hybridized carbons (Fsp3) is 0.267. The fourth-order valence-corrected chi connectivity index (χ4v) is 2.17. The number of carboxylic acids is 1. The Morgan fingerprint density at radius 1 is 1.41 bits per heavy atom. The van der Waals surface area contributed by atoms with Crippen LogP contribution >= 0.6 is 0 Å². The van der Waals surface area contributed by atoms with E-state index in [4.69, 9.17) is 0 Å². The molecule has 0 aliphatic heterocycles. The van der Waals surface area contributed by atoms with Gasteiger partial charge in [-0.2, -0.15) is 0 Å². The lowest BCUT2D eigenvalue weighted by atomic mass is 9.92. The van der Waals surface area contributed by atoms with Gasteiger partial charge < -0.3 is 5.11 Å². The van der Waals surface area contributed by atoms with Crippen LogP contribution in [0.25, 0.3) is 6.08 Å². The first-order chi connectivity index (χ1) is 8.24. The normalized spacial score (nSPS) is 18.2. The average molecular weight is 228 g/mol. The summed E-state index contributed by atoms with van der Waals surface area (Å²) >= 11 is 0. The summed E-state index contributed by atoms with van der Waals surface area (Å²) in [6.45, 7) is 2.05. The van der Waals surface area contributed by atoms with Gasteiger partial charge in [-0.25, -0.2) is 4.79 Å². The predicted molar refractivity (Wildman–Crippen MR) is 68.8 cm³/mol. The minimum atomic E-state index is -0.815. The number of aliphatic carboxylic acids is 1. The van der Waals surface area contributed by atoms with E-state index in [-0.39, 0.29) is 5.92 Å². The van der Waals surface area contributed by atoms with Crippen molar-refractivity contribution in [2.75, 3.05) is 0 Å². The highest BCUT2D eigenvalue weighted by atomic mass is 16.4. The summed E-state index contributed by atoms with van der Waals surface area (Å²) in [6, 6.07) is 7.95. The third-order valence-corrected chi connectivity index (χ3v) is 3.03. The molecular weight excluding hydrogens is 212 g/mol. The summed E-state index contributed by atoms with van der Waals surface area (Å²) in [6.07, 6.45) is 7.60. The first-order valence-corrected chi connectivity index (χ1v) is 5.94. The Kier molecular flexibility index (Phi) is 3.43. The number of benzene rings is 1. The topological polar surface area (TPSA) is 37.3 Å². The van der Waals surface area contributed by atoms with Crippen LogP contribution in [0.4, 0.5) is 0 Å². The molecule has 0 heterocycles. The Hall–Kier alpha value is -1.83. The van der Waals surface area contributed by atoms with Crippen molar-refractivity contribution in [3.63, 3.8) is 0 Å². The summed E-state index contributed by atoms with van der Waals surface area (Å²) in [5.74, 6) is -0.903. The molecule has 1 atom stereocenters. The quantitative estimate of drug-likeness (QED) is 0.799. The molecule has 1 unspecified atom stereocenters. The van der Waals surface area contributed by atoms with E-state index in [1.54, 1.807) is 0 Å². The van der Waals surface area contributed by atoms with Crippen LogP contribution in [0.1, 0.15) is 36.8 Å². The van der Waals surface area contributed by atoms with Crippen molar-refractivity contribution in [1.82, 2.24) is 0 Å². The van der Waals surface area contributed by atoms with Crippen LogP contribution in [0.3, 0.4) is 0 Å². The zero-order valence-electron chi connectivity index (χ0n) is 9.89. The summed E-state index contributed by atoms with van der Waals surface area (Å²) in [5.41, 5.74) is 2.71. The summed E-state index contributed by atoms with van der Waals surface area (Å²) in [5, 5.41) is 9.28. The van der Waals surface area contributed by atoms with E-state index < -0.39 is 5.97 Å². The van der Waals surface area contributed by atoms with Crippen LogP contribution in [-0.4, -0.2) is 11.1 Å². The Morgan fingerprint density at radius 3 is 2.88 bits per heavy atom. The van der Waals surface area contributed by atoms with Crippen molar-refractivity contribution < 1.29 is 9.90 Å². The third kappa shape index (κ3) is 2.31. The summed E-state index contributed by atoms with van der Waals surface area (Å²) in [7, 11) is 0. The van der Waals surface area contributed by atoms with Crippen LogP contribution in [0.2, 0.25) is 0 Å². The highest BCUT2D eigenvalue weighted by Crippen LogP contribution is 2.35. The highest BCUT2D eigenvalue weighted by Gasteiger charge is 2.24. The molecule has 0 saturated heterocycles. The molecule has 2 nitrogen and oxygen atoms in total. The second-order valence-electron chi connectivity index (χ2n) is 4.22. The van der Waals surface area contributed by atoms with Gasteiger partial charge in [-0.1, -0.05) is 55.8 Å². The molecule has 0 saturated carbocycles. The molecule has 0 bridgehead atoms. The largest absolute Gasteiger partial charge is 0.478 e. The molecule has 17 heavy (non-hydrogen) atoms. The number of carboxylic acid groups (broad SMARTS) is 1. The van der Waals surface area contributed by atoms with Gasteiger partial charge in [0.25, 0.3) is 0 Å². The minimum absolute atomic E-state index is 0.0877. The lowest BCUT2D eigenvalue weighted by Crippen LogP contribution is -2.08. The van der Waals surface area contributed by atoms with Gasteiger partial charge in [0.05, 0.1) is 0 Å². The Bertz CT molecular complexity index is 483. The Balaban J connectivity index is 2.35. The Labute approximate surface area is 101 Å². The van der Waals surface area contributed by atoms with Gasteiger partial charge in [-0.3, -0.25) is 0 Å². The molecule has 88 valence electrons.